The standard InChI is InChI=1S/C21H18N2O6/c1-2-21(28)15-6-17-18-12(7-23(17)19(26)14(15)9-29-20(21)27)13(8-24)11-5-10(25)3-4-16(11)22-18/h3-6,24-25,28H,2,7-9H2,1H3. The molecule has 1 unspecified atom stereocenters. The maximum Gasteiger partial charge on any atom is 0.343 e. The van der Waals surface area contributed by atoms with Crippen LogP contribution in [-0.2, 0) is 34.9 Å². The van der Waals surface area contributed by atoms with Crippen LogP contribution in [-0.4, -0.2) is 30.8 Å². The minimum Gasteiger partial charge on any atom is -0.508 e. The second kappa shape index (κ2) is 5.88. The number of esters is 1. The van der Waals surface area contributed by atoms with E-state index in [0.29, 0.717) is 33.4 Å². The highest BCUT2D eigenvalue weighted by Gasteiger charge is 2.45. The van der Waals surface area contributed by atoms with Crippen molar-refractivity contribution < 1.29 is 24.9 Å². The van der Waals surface area contributed by atoms with Gasteiger partial charge in [-0.05, 0) is 36.2 Å². The molecule has 2 aromatic heterocycles. The topological polar surface area (TPSA) is 122 Å². The number of pyridine rings is 2. The van der Waals surface area contributed by atoms with Gasteiger partial charge in [0.1, 0.15) is 12.4 Å². The molecule has 8 heteroatoms. The number of hydrogen-bond donors (Lipinski definition) is 3. The molecular weight excluding hydrogens is 376 g/mol. The lowest BCUT2D eigenvalue weighted by atomic mass is 9.86. The van der Waals surface area contributed by atoms with Crippen LogP contribution in [0.4, 0.5) is 0 Å². The molecule has 5 rings (SSSR count). The van der Waals surface area contributed by atoms with Crippen LogP contribution in [0, 0.1) is 0 Å². The van der Waals surface area contributed by atoms with Gasteiger partial charge in [0, 0.05) is 16.5 Å². The van der Waals surface area contributed by atoms with E-state index < -0.39 is 11.6 Å². The molecule has 0 spiro atoms. The Labute approximate surface area is 164 Å². The summed E-state index contributed by atoms with van der Waals surface area (Å²) >= 11 is 0. The molecule has 8 nitrogen and oxygen atoms in total. The van der Waals surface area contributed by atoms with E-state index in [0.717, 1.165) is 0 Å². The number of benzene rings is 1. The summed E-state index contributed by atoms with van der Waals surface area (Å²) < 4.78 is 6.58. The summed E-state index contributed by atoms with van der Waals surface area (Å²) in [5, 5.41) is 31.3. The largest absolute Gasteiger partial charge is 0.508 e. The fourth-order valence-corrected chi connectivity index (χ4v) is 4.33. The number of phenols is 1. The fraction of sp³-hybridized carbons (Fsp3) is 0.286. The molecule has 1 aromatic carbocycles. The van der Waals surface area contributed by atoms with E-state index in [9.17, 15) is 24.9 Å². The summed E-state index contributed by atoms with van der Waals surface area (Å²) in [6.45, 7) is 1.37. The minimum atomic E-state index is -1.88. The highest BCUT2D eigenvalue weighted by Crippen LogP contribution is 2.40. The van der Waals surface area contributed by atoms with Gasteiger partial charge < -0.3 is 24.6 Å². The summed E-state index contributed by atoms with van der Waals surface area (Å²) in [4.78, 5) is 30.0. The molecule has 2 aliphatic rings. The van der Waals surface area contributed by atoms with Gasteiger partial charge in [-0.1, -0.05) is 6.92 Å². The number of phenolic OH excluding ortho intramolecular Hbond substituents is 1. The Balaban J connectivity index is 1.84. The van der Waals surface area contributed by atoms with Crippen molar-refractivity contribution in [1.82, 2.24) is 9.55 Å². The number of carbonyl (C=O) groups excluding carboxylic acids is 1. The Morgan fingerprint density at radius 3 is 2.76 bits per heavy atom. The molecule has 3 aromatic rings. The Morgan fingerprint density at radius 2 is 2.03 bits per heavy atom. The fourth-order valence-electron chi connectivity index (χ4n) is 4.33. The lowest BCUT2D eigenvalue weighted by molar-refractivity contribution is -0.172. The molecular formula is C21H18N2O6. The number of rotatable bonds is 2. The summed E-state index contributed by atoms with van der Waals surface area (Å²) in [6, 6.07) is 6.31. The van der Waals surface area contributed by atoms with Gasteiger partial charge in [-0.3, -0.25) is 4.79 Å². The second-order valence-corrected chi connectivity index (χ2v) is 7.38. The Hall–Kier alpha value is -3.23. The lowest BCUT2D eigenvalue weighted by Gasteiger charge is -2.31. The van der Waals surface area contributed by atoms with Crippen molar-refractivity contribution in [3.8, 4) is 17.1 Å². The van der Waals surface area contributed by atoms with Crippen molar-refractivity contribution in [3.63, 3.8) is 0 Å². The predicted molar refractivity (Wildman–Crippen MR) is 102 cm³/mol. The molecule has 0 aliphatic carbocycles. The van der Waals surface area contributed by atoms with Crippen LogP contribution in [0.15, 0.2) is 29.1 Å². The lowest BCUT2D eigenvalue weighted by Crippen LogP contribution is -2.44. The predicted octanol–water partition coefficient (Wildman–Crippen LogP) is 1.28. The summed E-state index contributed by atoms with van der Waals surface area (Å²) in [5.74, 6) is -0.714. The Kier molecular flexibility index (Phi) is 3.62. The smallest absolute Gasteiger partial charge is 0.343 e. The number of nitrogens with zero attached hydrogens (tertiary/aromatic N) is 2. The van der Waals surface area contributed by atoms with Crippen LogP contribution in [0.25, 0.3) is 22.3 Å². The molecule has 4 heterocycles. The highest BCUT2D eigenvalue weighted by atomic mass is 16.6. The summed E-state index contributed by atoms with van der Waals surface area (Å²) in [6.07, 6.45) is 0.0703. The molecule has 3 N–H and O–H groups in total. The monoisotopic (exact) mass is 394 g/mol. The number of aliphatic hydroxyl groups excluding tert-OH is 1. The van der Waals surface area contributed by atoms with E-state index >= 15 is 0 Å². The molecule has 0 amide bonds. The van der Waals surface area contributed by atoms with Crippen molar-refractivity contribution in [2.75, 3.05) is 0 Å². The molecule has 1 atom stereocenters. The first-order valence-corrected chi connectivity index (χ1v) is 9.31. The van der Waals surface area contributed by atoms with Crippen molar-refractivity contribution in [1.29, 1.82) is 0 Å². The third kappa shape index (κ3) is 2.24. The normalized spacial score (nSPS) is 19.6. The van der Waals surface area contributed by atoms with Crippen LogP contribution >= 0.6 is 0 Å². The summed E-state index contributed by atoms with van der Waals surface area (Å²) in [7, 11) is 0. The molecule has 2 aliphatic heterocycles. The molecule has 0 fully saturated rings. The number of carbonyl (C=O) groups is 1. The van der Waals surface area contributed by atoms with Gasteiger partial charge >= 0.3 is 5.97 Å². The van der Waals surface area contributed by atoms with E-state index in [-0.39, 0.29) is 48.6 Å². The number of aromatic nitrogens is 2. The number of fused-ring (bicyclic) bond motifs is 5. The summed E-state index contributed by atoms with van der Waals surface area (Å²) in [5.41, 5.74) is 1.08. The van der Waals surface area contributed by atoms with Gasteiger partial charge in [0.05, 0.1) is 35.6 Å². The number of aliphatic hydroxyl groups is 2. The van der Waals surface area contributed by atoms with Crippen molar-refractivity contribution in [2.45, 2.75) is 38.7 Å². The maximum atomic E-state index is 13.2. The van der Waals surface area contributed by atoms with Gasteiger partial charge in [-0.2, -0.15) is 0 Å². The molecule has 0 radical (unpaired) electrons. The van der Waals surface area contributed by atoms with Crippen LogP contribution in [0.1, 0.15) is 35.6 Å². The SMILES string of the molecule is CCC1(O)C(=O)OCc2c1cc1n(c2=O)Cc2c-1nc1ccc(O)cc1c2CO. The van der Waals surface area contributed by atoms with E-state index in [4.69, 9.17) is 4.74 Å². The van der Waals surface area contributed by atoms with Gasteiger partial charge in [-0.15, -0.1) is 0 Å². The average Bonchev–Trinajstić information content (AvgIpc) is 3.08. The maximum absolute atomic E-state index is 13.2. The van der Waals surface area contributed by atoms with E-state index in [2.05, 4.69) is 4.98 Å². The third-order valence-electron chi connectivity index (χ3n) is 5.95. The number of hydrogen-bond acceptors (Lipinski definition) is 7. The van der Waals surface area contributed by atoms with E-state index in [1.165, 1.54) is 16.7 Å². The first-order valence-electron chi connectivity index (χ1n) is 9.31. The first-order chi connectivity index (χ1) is 13.9. The van der Waals surface area contributed by atoms with Crippen molar-refractivity contribution in [3.05, 3.63) is 56.9 Å². The zero-order valence-electron chi connectivity index (χ0n) is 15.6. The van der Waals surface area contributed by atoms with Gasteiger partial charge in [0.25, 0.3) is 5.56 Å². The number of cyclic esters (lactones) is 1. The van der Waals surface area contributed by atoms with Gasteiger partial charge in [0.15, 0.2) is 5.60 Å². The van der Waals surface area contributed by atoms with Crippen LogP contribution in [0.5, 0.6) is 5.75 Å². The zero-order chi connectivity index (χ0) is 20.5. The first kappa shape index (κ1) is 17.8. The van der Waals surface area contributed by atoms with Crippen LogP contribution in [0.2, 0.25) is 0 Å². The molecule has 0 saturated heterocycles. The zero-order valence-corrected chi connectivity index (χ0v) is 15.6. The van der Waals surface area contributed by atoms with E-state index in [1.807, 2.05) is 0 Å². The molecule has 148 valence electrons. The molecule has 0 saturated carbocycles. The Bertz CT molecular complexity index is 1280. The van der Waals surface area contributed by atoms with Gasteiger partial charge in [0.2, 0.25) is 0 Å². The van der Waals surface area contributed by atoms with Crippen molar-refractivity contribution in [2.24, 2.45) is 0 Å². The van der Waals surface area contributed by atoms with Gasteiger partial charge in [-0.25, -0.2) is 9.78 Å². The Morgan fingerprint density at radius 1 is 1.24 bits per heavy atom. The highest BCUT2D eigenvalue weighted by molar-refractivity contribution is 5.89. The average molecular weight is 394 g/mol. The quantitative estimate of drug-likeness (QED) is 0.438. The van der Waals surface area contributed by atoms with Crippen molar-refractivity contribution >= 4 is 16.9 Å². The minimum absolute atomic E-state index is 0.0563. The molecule has 0 bridgehead atoms. The van der Waals surface area contributed by atoms with E-state index in [1.54, 1.807) is 19.1 Å². The van der Waals surface area contributed by atoms with Crippen LogP contribution < -0.4 is 5.56 Å². The third-order valence-corrected chi connectivity index (χ3v) is 5.95. The second-order valence-electron chi connectivity index (χ2n) is 7.38. The van der Waals surface area contributed by atoms with Crippen LogP contribution in [0.3, 0.4) is 0 Å². The number of aromatic hydroxyl groups is 1. The number of ether oxygens (including phenoxy) is 1. The molecule has 29 heavy (non-hydrogen) atoms.